The lowest BCUT2D eigenvalue weighted by Gasteiger charge is -2.03. The molecule has 5 heteroatoms. The number of rotatable bonds is 2. The minimum absolute atomic E-state index is 0.234. The summed E-state index contributed by atoms with van der Waals surface area (Å²) in [6.45, 7) is 0.0991. The number of hydrogen-bond acceptors (Lipinski definition) is 3. The van der Waals surface area contributed by atoms with Gasteiger partial charge in [-0.2, -0.15) is 5.10 Å². The Morgan fingerprint density at radius 1 is 1.41 bits per heavy atom. The molecule has 4 nitrogen and oxygen atoms in total. The van der Waals surface area contributed by atoms with Crippen LogP contribution in [0.4, 0.5) is 4.39 Å². The Morgan fingerprint density at radius 3 is 2.94 bits per heavy atom. The largest absolute Gasteiger partial charge is 0.384 e. The summed E-state index contributed by atoms with van der Waals surface area (Å²) < 4.78 is 15.2. The minimum atomic E-state index is -0.342. The molecule has 0 amide bonds. The lowest BCUT2D eigenvalue weighted by molar-refractivity contribution is 0.350. The molecule has 0 unspecified atom stereocenters. The lowest BCUT2D eigenvalue weighted by Crippen LogP contribution is -2.02. The van der Waals surface area contributed by atoms with Gasteiger partial charge in [0.1, 0.15) is 25.1 Å². The van der Waals surface area contributed by atoms with Gasteiger partial charge in [0.2, 0.25) is 0 Å². The van der Waals surface area contributed by atoms with E-state index in [4.69, 9.17) is 5.11 Å². The van der Waals surface area contributed by atoms with E-state index < -0.39 is 0 Å². The van der Waals surface area contributed by atoms with Crippen molar-refractivity contribution >= 4 is 0 Å². The number of nitrogens with zero attached hydrogens (tertiary/aromatic N) is 3. The third kappa shape index (κ3) is 2.89. The average Bonchev–Trinajstić information content (AvgIpc) is 2.82. The fourth-order valence-electron chi connectivity index (χ4n) is 1.38. The summed E-state index contributed by atoms with van der Waals surface area (Å²) in [6.07, 6.45) is 2.93. The van der Waals surface area contributed by atoms with Crippen LogP contribution >= 0.6 is 0 Å². The standard InChI is InChI=1S/C12H10FN3O/c13-12-6-10(2-1-5-17)3-4-11(12)7-16-9-14-8-15-16/h3-4,6,8-9,17H,5,7H2. The van der Waals surface area contributed by atoms with Crippen molar-refractivity contribution in [2.45, 2.75) is 6.54 Å². The molecule has 0 bridgehead atoms. The van der Waals surface area contributed by atoms with E-state index in [9.17, 15) is 4.39 Å². The van der Waals surface area contributed by atoms with Crippen molar-refractivity contribution in [2.75, 3.05) is 6.61 Å². The van der Waals surface area contributed by atoms with Gasteiger partial charge in [-0.1, -0.05) is 17.9 Å². The Hall–Kier alpha value is -2.19. The fourth-order valence-corrected chi connectivity index (χ4v) is 1.38. The first-order valence-electron chi connectivity index (χ1n) is 5.00. The highest BCUT2D eigenvalue weighted by Gasteiger charge is 2.03. The molecule has 2 rings (SSSR count). The van der Waals surface area contributed by atoms with Crippen LogP contribution in [0.3, 0.4) is 0 Å². The molecule has 0 aliphatic heterocycles. The van der Waals surface area contributed by atoms with E-state index in [0.717, 1.165) is 0 Å². The van der Waals surface area contributed by atoms with Gasteiger partial charge in [0, 0.05) is 11.1 Å². The zero-order valence-corrected chi connectivity index (χ0v) is 8.97. The van der Waals surface area contributed by atoms with E-state index in [2.05, 4.69) is 21.9 Å². The SMILES string of the molecule is OCC#Cc1ccc(Cn2cncn2)c(F)c1. The summed E-state index contributed by atoms with van der Waals surface area (Å²) in [5, 5.41) is 12.4. The van der Waals surface area contributed by atoms with Gasteiger partial charge in [0.15, 0.2) is 0 Å². The molecule has 0 spiro atoms. The van der Waals surface area contributed by atoms with E-state index in [1.165, 1.54) is 23.4 Å². The molecule has 1 aromatic heterocycles. The van der Waals surface area contributed by atoms with Crippen molar-refractivity contribution < 1.29 is 9.50 Å². The predicted molar refractivity (Wildman–Crippen MR) is 59.5 cm³/mol. The highest BCUT2D eigenvalue weighted by molar-refractivity contribution is 5.37. The van der Waals surface area contributed by atoms with Crippen molar-refractivity contribution in [1.82, 2.24) is 14.8 Å². The Kier molecular flexibility index (Phi) is 3.48. The van der Waals surface area contributed by atoms with Crippen molar-refractivity contribution in [1.29, 1.82) is 0 Å². The first-order chi connectivity index (χ1) is 8.29. The summed E-state index contributed by atoms with van der Waals surface area (Å²) >= 11 is 0. The molecule has 0 saturated carbocycles. The molecular weight excluding hydrogens is 221 g/mol. The first-order valence-corrected chi connectivity index (χ1v) is 5.00. The Morgan fingerprint density at radius 2 is 2.29 bits per heavy atom. The smallest absolute Gasteiger partial charge is 0.137 e. The summed E-state index contributed by atoms with van der Waals surface area (Å²) in [4.78, 5) is 3.79. The summed E-state index contributed by atoms with van der Waals surface area (Å²) in [5.41, 5.74) is 1.06. The molecule has 1 heterocycles. The topological polar surface area (TPSA) is 50.9 Å². The van der Waals surface area contributed by atoms with Gasteiger partial charge < -0.3 is 5.11 Å². The van der Waals surface area contributed by atoms with Crippen molar-refractivity contribution in [3.63, 3.8) is 0 Å². The Balaban J connectivity index is 2.20. The molecule has 17 heavy (non-hydrogen) atoms. The summed E-state index contributed by atoms with van der Waals surface area (Å²) in [7, 11) is 0. The van der Waals surface area contributed by atoms with E-state index in [1.807, 2.05) is 0 Å². The van der Waals surface area contributed by atoms with Gasteiger partial charge in [0.05, 0.1) is 6.54 Å². The second kappa shape index (κ2) is 5.23. The van der Waals surface area contributed by atoms with Crippen LogP contribution in [0.5, 0.6) is 0 Å². The van der Waals surface area contributed by atoms with Gasteiger partial charge in [-0.15, -0.1) is 0 Å². The van der Waals surface area contributed by atoms with E-state index in [1.54, 1.807) is 12.1 Å². The van der Waals surface area contributed by atoms with Crippen LogP contribution in [0.1, 0.15) is 11.1 Å². The molecule has 0 aliphatic carbocycles. The highest BCUT2D eigenvalue weighted by Crippen LogP contribution is 2.10. The maximum Gasteiger partial charge on any atom is 0.137 e. The zero-order valence-electron chi connectivity index (χ0n) is 8.97. The molecule has 86 valence electrons. The van der Waals surface area contributed by atoms with Crippen LogP contribution in [0.15, 0.2) is 30.9 Å². The molecule has 0 radical (unpaired) electrons. The molecule has 0 aliphatic rings. The fraction of sp³-hybridized carbons (Fsp3) is 0.167. The zero-order chi connectivity index (χ0) is 12.1. The molecule has 0 atom stereocenters. The minimum Gasteiger partial charge on any atom is -0.384 e. The molecular formula is C12H10FN3O. The van der Waals surface area contributed by atoms with E-state index in [-0.39, 0.29) is 12.4 Å². The lowest BCUT2D eigenvalue weighted by atomic mass is 10.1. The Labute approximate surface area is 97.7 Å². The Bertz CT molecular complexity index is 555. The van der Waals surface area contributed by atoms with Crippen molar-refractivity contribution in [2.24, 2.45) is 0 Å². The third-order valence-electron chi connectivity index (χ3n) is 2.16. The number of benzene rings is 1. The second-order valence-electron chi connectivity index (χ2n) is 3.36. The maximum atomic E-state index is 13.7. The van der Waals surface area contributed by atoms with Crippen LogP contribution in [0.25, 0.3) is 0 Å². The highest BCUT2D eigenvalue weighted by atomic mass is 19.1. The van der Waals surface area contributed by atoms with Crippen molar-refractivity contribution in [3.8, 4) is 11.8 Å². The van der Waals surface area contributed by atoms with Crippen LogP contribution in [0.2, 0.25) is 0 Å². The quantitative estimate of drug-likeness (QED) is 0.778. The van der Waals surface area contributed by atoms with Gasteiger partial charge >= 0.3 is 0 Å². The van der Waals surface area contributed by atoms with Crippen LogP contribution in [-0.2, 0) is 6.54 Å². The number of halogens is 1. The second-order valence-corrected chi connectivity index (χ2v) is 3.36. The molecule has 0 fully saturated rings. The van der Waals surface area contributed by atoms with E-state index >= 15 is 0 Å². The molecule has 1 N–H and O–H groups in total. The predicted octanol–water partition coefficient (Wildman–Crippen LogP) is 0.809. The first kappa shape index (κ1) is 11.3. The summed E-state index contributed by atoms with van der Waals surface area (Å²) in [6, 6.07) is 4.70. The number of hydrogen-bond donors (Lipinski definition) is 1. The maximum absolute atomic E-state index is 13.7. The molecule has 1 aromatic carbocycles. The van der Waals surface area contributed by atoms with Crippen LogP contribution in [0, 0.1) is 17.7 Å². The van der Waals surface area contributed by atoms with Gasteiger partial charge in [-0.05, 0) is 12.1 Å². The van der Waals surface area contributed by atoms with Crippen LogP contribution in [-0.4, -0.2) is 26.5 Å². The summed E-state index contributed by atoms with van der Waals surface area (Å²) in [5.74, 6) is 4.77. The van der Waals surface area contributed by atoms with Crippen molar-refractivity contribution in [3.05, 3.63) is 47.8 Å². The third-order valence-corrected chi connectivity index (χ3v) is 2.16. The molecule has 0 saturated heterocycles. The monoisotopic (exact) mass is 231 g/mol. The molecule has 2 aromatic rings. The normalized spacial score (nSPS) is 9.76. The number of aliphatic hydroxyl groups excluding tert-OH is 1. The number of aliphatic hydroxyl groups is 1. The van der Waals surface area contributed by atoms with Gasteiger partial charge in [0.25, 0.3) is 0 Å². The van der Waals surface area contributed by atoms with E-state index in [0.29, 0.717) is 17.7 Å². The van der Waals surface area contributed by atoms with Gasteiger partial charge in [-0.25, -0.2) is 14.1 Å². The average molecular weight is 231 g/mol. The van der Waals surface area contributed by atoms with Crippen LogP contribution < -0.4 is 0 Å². The van der Waals surface area contributed by atoms with Gasteiger partial charge in [-0.3, -0.25) is 0 Å². The number of aromatic nitrogens is 3.